The Hall–Kier alpha value is -4.84. The Morgan fingerprint density at radius 2 is 1.83 bits per heavy atom. The van der Waals surface area contributed by atoms with Crippen LogP contribution >= 0.6 is 11.6 Å². The number of hydrogen-bond acceptors (Lipinski definition) is 8. The molecule has 0 aliphatic carbocycles. The van der Waals surface area contributed by atoms with Gasteiger partial charge >= 0.3 is 0 Å². The molecule has 0 N–H and O–H groups in total. The first kappa shape index (κ1) is 32.1. The number of halogens is 2. The number of aromatic nitrogens is 4. The number of amides is 1. The first-order valence-electron chi connectivity index (χ1n) is 15.7. The van der Waals surface area contributed by atoms with E-state index in [0.717, 1.165) is 24.8 Å². The number of hydrogen-bond donors (Lipinski definition) is 0. The predicted octanol–water partition coefficient (Wildman–Crippen LogP) is 6.65. The molecule has 3 aromatic carbocycles. The number of piperidine rings is 1. The van der Waals surface area contributed by atoms with Crippen LogP contribution in [0.4, 0.5) is 4.39 Å². The SMILES string of the molecule is CC#N.CC(=O)N1CCC(n2nnc3c(OCC4CCCN4C)nc4c(F)c(-c5cccc6cccc(C#N)c56)c(Cl)cc4c32)CC1. The van der Waals surface area contributed by atoms with E-state index in [0.29, 0.717) is 65.5 Å². The number of rotatable bonds is 5. The van der Waals surface area contributed by atoms with Crippen molar-refractivity contribution >= 4 is 50.2 Å². The molecule has 7 rings (SSSR count). The van der Waals surface area contributed by atoms with Crippen LogP contribution in [-0.4, -0.2) is 75.0 Å². The Bertz CT molecular complexity index is 2070. The molecule has 5 aromatic rings. The largest absolute Gasteiger partial charge is 0.474 e. The van der Waals surface area contributed by atoms with Gasteiger partial charge in [-0.2, -0.15) is 10.5 Å². The van der Waals surface area contributed by atoms with Crippen molar-refractivity contribution in [1.82, 2.24) is 29.8 Å². The van der Waals surface area contributed by atoms with Gasteiger partial charge in [0.2, 0.25) is 11.8 Å². The van der Waals surface area contributed by atoms with Crippen LogP contribution in [0.5, 0.6) is 5.88 Å². The van der Waals surface area contributed by atoms with Gasteiger partial charge in [-0.05, 0) is 62.4 Å². The van der Waals surface area contributed by atoms with E-state index in [2.05, 4.69) is 28.3 Å². The summed E-state index contributed by atoms with van der Waals surface area (Å²) >= 11 is 6.92. The van der Waals surface area contributed by atoms with E-state index in [9.17, 15) is 10.1 Å². The minimum Gasteiger partial charge on any atom is -0.474 e. The molecule has 47 heavy (non-hydrogen) atoms. The minimum absolute atomic E-state index is 0.0449. The third-order valence-corrected chi connectivity index (χ3v) is 9.49. The fourth-order valence-electron chi connectivity index (χ4n) is 6.78. The molecule has 1 atom stereocenters. The molecule has 4 heterocycles. The number of nitrogens with zero attached hydrogens (tertiary/aromatic N) is 8. The summed E-state index contributed by atoms with van der Waals surface area (Å²) in [6.07, 6.45) is 3.47. The first-order valence-corrected chi connectivity index (χ1v) is 16.0. The van der Waals surface area contributed by atoms with E-state index in [1.807, 2.05) is 33.8 Å². The Morgan fingerprint density at radius 1 is 1.11 bits per heavy atom. The number of ether oxygens (including phenoxy) is 1. The zero-order valence-corrected chi connectivity index (χ0v) is 27.3. The van der Waals surface area contributed by atoms with Gasteiger partial charge in [-0.15, -0.1) is 5.10 Å². The molecule has 0 spiro atoms. The molecule has 12 heteroatoms. The second-order valence-electron chi connectivity index (χ2n) is 12.0. The lowest BCUT2D eigenvalue weighted by Crippen LogP contribution is -2.37. The zero-order valence-electron chi connectivity index (χ0n) is 26.5. The third kappa shape index (κ3) is 5.93. The number of carbonyl (C=O) groups excluding carboxylic acids is 1. The van der Waals surface area contributed by atoms with Crippen LogP contribution in [0.25, 0.3) is 43.8 Å². The van der Waals surface area contributed by atoms with Gasteiger partial charge in [-0.1, -0.05) is 47.1 Å². The van der Waals surface area contributed by atoms with Gasteiger partial charge in [0.25, 0.3) is 0 Å². The van der Waals surface area contributed by atoms with Crippen molar-refractivity contribution in [1.29, 1.82) is 10.5 Å². The third-order valence-electron chi connectivity index (χ3n) is 9.19. The summed E-state index contributed by atoms with van der Waals surface area (Å²) in [5.74, 6) is -0.330. The number of fused-ring (bicyclic) bond motifs is 4. The van der Waals surface area contributed by atoms with Crippen LogP contribution in [0.15, 0.2) is 42.5 Å². The van der Waals surface area contributed by atoms with Crippen molar-refractivity contribution in [2.45, 2.75) is 51.6 Å². The van der Waals surface area contributed by atoms with Crippen molar-refractivity contribution in [3.63, 3.8) is 0 Å². The van der Waals surface area contributed by atoms with Crippen molar-refractivity contribution in [3.8, 4) is 29.1 Å². The van der Waals surface area contributed by atoms with E-state index in [1.165, 1.54) is 6.92 Å². The molecular formula is C35H34ClFN8O2. The van der Waals surface area contributed by atoms with Gasteiger partial charge in [0.15, 0.2) is 11.3 Å². The van der Waals surface area contributed by atoms with Crippen LogP contribution in [0.1, 0.15) is 51.1 Å². The van der Waals surface area contributed by atoms with E-state index in [-0.39, 0.29) is 40.0 Å². The number of nitriles is 2. The first-order chi connectivity index (χ1) is 22.8. The highest BCUT2D eigenvalue weighted by Crippen LogP contribution is 2.43. The summed E-state index contributed by atoms with van der Waals surface area (Å²) in [4.78, 5) is 20.8. The molecule has 240 valence electrons. The summed E-state index contributed by atoms with van der Waals surface area (Å²) < 4.78 is 25.1. The summed E-state index contributed by atoms with van der Waals surface area (Å²) in [7, 11) is 2.07. The zero-order chi connectivity index (χ0) is 33.2. The lowest BCUT2D eigenvalue weighted by Gasteiger charge is -2.31. The minimum atomic E-state index is -0.600. The molecule has 0 saturated carbocycles. The molecule has 0 radical (unpaired) electrons. The van der Waals surface area contributed by atoms with Crippen molar-refractivity contribution < 1.29 is 13.9 Å². The van der Waals surface area contributed by atoms with E-state index in [4.69, 9.17) is 26.6 Å². The molecule has 0 bridgehead atoms. The molecule has 2 aliphatic heterocycles. The van der Waals surface area contributed by atoms with Crippen LogP contribution in [-0.2, 0) is 4.79 Å². The van der Waals surface area contributed by atoms with Crippen LogP contribution in [0, 0.1) is 28.5 Å². The Kier molecular flexibility index (Phi) is 9.21. The van der Waals surface area contributed by atoms with Gasteiger partial charge in [0.1, 0.15) is 17.6 Å². The molecule has 2 saturated heterocycles. The van der Waals surface area contributed by atoms with Gasteiger partial charge < -0.3 is 14.5 Å². The average Bonchev–Trinajstić information content (AvgIpc) is 3.70. The molecule has 1 amide bonds. The normalized spacial score (nSPS) is 17.0. The van der Waals surface area contributed by atoms with Crippen LogP contribution < -0.4 is 4.74 Å². The highest BCUT2D eigenvalue weighted by Gasteiger charge is 2.30. The maximum Gasteiger partial charge on any atom is 0.245 e. The molecule has 2 fully saturated rings. The van der Waals surface area contributed by atoms with Crippen molar-refractivity contribution in [2.24, 2.45) is 0 Å². The van der Waals surface area contributed by atoms with Gasteiger partial charge in [-0.25, -0.2) is 14.1 Å². The summed E-state index contributed by atoms with van der Waals surface area (Å²) in [5.41, 5.74) is 2.28. The van der Waals surface area contributed by atoms with Crippen LogP contribution in [0.2, 0.25) is 5.02 Å². The number of likely N-dealkylation sites (tertiary alicyclic amines) is 2. The Labute approximate surface area is 276 Å². The quantitative estimate of drug-likeness (QED) is 0.207. The smallest absolute Gasteiger partial charge is 0.245 e. The second kappa shape index (κ2) is 13.5. The van der Waals surface area contributed by atoms with Crippen molar-refractivity contribution in [2.75, 3.05) is 33.3 Å². The van der Waals surface area contributed by atoms with Crippen molar-refractivity contribution in [3.05, 3.63) is 58.9 Å². The fourth-order valence-corrected chi connectivity index (χ4v) is 7.07. The molecule has 2 aliphatic rings. The predicted molar refractivity (Wildman–Crippen MR) is 178 cm³/mol. The van der Waals surface area contributed by atoms with Gasteiger partial charge in [0, 0.05) is 49.3 Å². The lowest BCUT2D eigenvalue weighted by atomic mass is 9.93. The second-order valence-corrected chi connectivity index (χ2v) is 12.4. The number of pyridine rings is 1. The lowest BCUT2D eigenvalue weighted by molar-refractivity contribution is -0.130. The van der Waals surface area contributed by atoms with Gasteiger partial charge in [0.05, 0.1) is 28.8 Å². The van der Waals surface area contributed by atoms with E-state index in [1.54, 1.807) is 31.2 Å². The average molecular weight is 653 g/mol. The molecule has 2 aromatic heterocycles. The number of likely N-dealkylation sites (N-methyl/N-ethyl adjacent to an activating group) is 1. The highest BCUT2D eigenvalue weighted by atomic mass is 35.5. The summed E-state index contributed by atoms with van der Waals surface area (Å²) in [6, 6.07) is 16.8. The topological polar surface area (TPSA) is 124 Å². The molecule has 10 nitrogen and oxygen atoms in total. The monoisotopic (exact) mass is 652 g/mol. The summed E-state index contributed by atoms with van der Waals surface area (Å²) in [5, 5.41) is 28.3. The number of benzene rings is 3. The van der Waals surface area contributed by atoms with E-state index < -0.39 is 5.82 Å². The highest BCUT2D eigenvalue weighted by molar-refractivity contribution is 6.35. The maximum atomic E-state index is 16.9. The maximum absolute atomic E-state index is 16.9. The van der Waals surface area contributed by atoms with E-state index >= 15 is 4.39 Å². The fraction of sp³-hybridized carbons (Fsp3) is 0.371. The molecular weight excluding hydrogens is 619 g/mol. The molecule has 1 unspecified atom stereocenters. The number of carbonyl (C=O) groups is 1. The van der Waals surface area contributed by atoms with Gasteiger partial charge in [-0.3, -0.25) is 4.79 Å². The standard InChI is InChI=1S/C33H31ClFN7O2.C2H3N/c1-19(43)41-14-11-22(12-15-41)42-32-25-16-26(34)28(24-10-4-7-20-6-3-8-21(17-36)27(20)24)29(35)30(25)37-33(31(32)38-39-42)44-18-23-9-5-13-40(23)2;1-2-3/h3-4,6-8,10,16,22-23H,5,9,11-15,18H2,1-2H3;1H3. The summed E-state index contributed by atoms with van der Waals surface area (Å²) in [6.45, 7) is 5.60. The van der Waals surface area contributed by atoms with Crippen LogP contribution in [0.3, 0.4) is 0 Å². The Morgan fingerprint density at radius 3 is 2.49 bits per heavy atom. The Balaban J connectivity index is 0.00000124.